The largest absolute Gasteiger partial charge is 0.332 e. The van der Waals surface area contributed by atoms with Crippen molar-refractivity contribution in [1.82, 2.24) is 14.8 Å². The molecule has 0 amide bonds. The molecule has 0 aromatic carbocycles. The summed E-state index contributed by atoms with van der Waals surface area (Å²) in [5.41, 5.74) is 1.71. The average Bonchev–Trinajstić information content (AvgIpc) is 2.91. The lowest BCUT2D eigenvalue weighted by molar-refractivity contribution is 0.869. The number of rotatable bonds is 6. The van der Waals surface area contributed by atoms with E-state index in [0.29, 0.717) is 11.1 Å². The molecule has 0 N–H and O–H groups in total. The van der Waals surface area contributed by atoms with E-state index in [1.54, 1.807) is 28.8 Å². The fourth-order valence-electron chi connectivity index (χ4n) is 2.18. The summed E-state index contributed by atoms with van der Waals surface area (Å²) >= 11 is 13.8. The third kappa shape index (κ3) is 3.80. The topological polar surface area (TPSA) is 34.0 Å². The number of nitrogens with zero attached hydrogens (tertiary/aromatic N) is 4. The van der Waals surface area contributed by atoms with Gasteiger partial charge in [-0.05, 0) is 25.3 Å². The van der Waals surface area contributed by atoms with E-state index in [2.05, 4.69) is 35.1 Å². The molecule has 0 radical (unpaired) electrons. The predicted molar refractivity (Wildman–Crippen MR) is 99.5 cm³/mol. The third-order valence-corrected chi connectivity index (χ3v) is 5.00. The third-order valence-electron chi connectivity index (χ3n) is 3.27. The quantitative estimate of drug-likeness (QED) is 0.730. The van der Waals surface area contributed by atoms with Gasteiger partial charge >= 0.3 is 0 Å². The molecule has 0 fully saturated rings. The zero-order chi connectivity index (χ0) is 16.1. The molecule has 2 heterocycles. The first-order chi connectivity index (χ1) is 10.6. The van der Waals surface area contributed by atoms with E-state index < -0.39 is 0 Å². The summed E-state index contributed by atoms with van der Waals surface area (Å²) in [6.45, 7) is 4.97. The van der Waals surface area contributed by atoms with Gasteiger partial charge in [0.2, 0.25) is 0 Å². The van der Waals surface area contributed by atoms with E-state index in [0.717, 1.165) is 28.7 Å². The number of hydrogen-bond acceptors (Lipinski definition) is 4. The number of pyridine rings is 1. The maximum atomic E-state index is 6.34. The van der Waals surface area contributed by atoms with Crippen molar-refractivity contribution in [3.63, 3.8) is 0 Å². The molecule has 0 saturated carbocycles. The standard InChI is InChI=1S/C15H19ClN4S2/c1-4-19(15(21)11(2)10-22-3)13-9-20(18-14(13)16)12-6-5-7-17-8-12/h5-9,11H,4,10H2,1-3H3. The molecule has 0 spiro atoms. The summed E-state index contributed by atoms with van der Waals surface area (Å²) < 4.78 is 1.73. The van der Waals surface area contributed by atoms with E-state index in [9.17, 15) is 0 Å². The lowest BCUT2D eigenvalue weighted by Gasteiger charge is -2.26. The van der Waals surface area contributed by atoms with Gasteiger partial charge in [0.15, 0.2) is 5.15 Å². The van der Waals surface area contributed by atoms with Gasteiger partial charge in [-0.3, -0.25) is 4.98 Å². The monoisotopic (exact) mass is 354 g/mol. The van der Waals surface area contributed by atoms with Crippen LogP contribution in [0.1, 0.15) is 13.8 Å². The van der Waals surface area contributed by atoms with Crippen LogP contribution in [0.15, 0.2) is 30.7 Å². The molecule has 0 saturated heterocycles. The summed E-state index contributed by atoms with van der Waals surface area (Å²) in [7, 11) is 0. The Bertz CT molecular complexity index is 630. The maximum absolute atomic E-state index is 6.34. The van der Waals surface area contributed by atoms with Crippen LogP contribution in [0.3, 0.4) is 0 Å². The summed E-state index contributed by atoms with van der Waals surface area (Å²) in [6, 6.07) is 3.80. The number of hydrogen-bond donors (Lipinski definition) is 0. The van der Waals surface area contributed by atoms with Crippen molar-refractivity contribution in [2.24, 2.45) is 5.92 Å². The first-order valence-corrected chi connectivity index (χ1v) is 9.22. The smallest absolute Gasteiger partial charge is 0.175 e. The van der Waals surface area contributed by atoms with Gasteiger partial charge in [-0.1, -0.05) is 30.7 Å². The highest BCUT2D eigenvalue weighted by molar-refractivity contribution is 7.98. The van der Waals surface area contributed by atoms with Crippen molar-refractivity contribution >= 4 is 46.3 Å². The molecule has 1 unspecified atom stereocenters. The average molecular weight is 355 g/mol. The van der Waals surface area contributed by atoms with Gasteiger partial charge in [0, 0.05) is 24.4 Å². The Labute approximate surface area is 145 Å². The molecule has 1 atom stereocenters. The van der Waals surface area contributed by atoms with Crippen LogP contribution in [-0.4, -0.2) is 38.3 Å². The van der Waals surface area contributed by atoms with Crippen molar-refractivity contribution in [3.05, 3.63) is 35.9 Å². The van der Waals surface area contributed by atoms with Gasteiger partial charge in [-0.15, -0.1) is 0 Å². The fourth-order valence-corrected chi connectivity index (χ4v) is 3.48. The van der Waals surface area contributed by atoms with Gasteiger partial charge < -0.3 is 4.90 Å². The highest BCUT2D eigenvalue weighted by atomic mass is 35.5. The van der Waals surface area contributed by atoms with Crippen LogP contribution in [-0.2, 0) is 0 Å². The van der Waals surface area contributed by atoms with Gasteiger partial charge in [0.25, 0.3) is 0 Å². The predicted octanol–water partition coefficient (Wildman–Crippen LogP) is 4.07. The van der Waals surface area contributed by atoms with E-state index in [1.807, 2.05) is 18.3 Å². The zero-order valence-corrected chi connectivity index (χ0v) is 15.3. The van der Waals surface area contributed by atoms with E-state index in [-0.39, 0.29) is 0 Å². The molecule has 0 bridgehead atoms. The summed E-state index contributed by atoms with van der Waals surface area (Å²) in [4.78, 5) is 7.05. The van der Waals surface area contributed by atoms with Crippen LogP contribution >= 0.6 is 35.6 Å². The molecular weight excluding hydrogens is 336 g/mol. The Hall–Kier alpha value is -1.11. The Balaban J connectivity index is 2.31. The van der Waals surface area contributed by atoms with Crippen LogP contribution in [0.25, 0.3) is 5.69 Å². The highest BCUT2D eigenvalue weighted by Gasteiger charge is 2.21. The number of aromatic nitrogens is 3. The molecule has 7 heteroatoms. The molecule has 2 aromatic rings. The summed E-state index contributed by atoms with van der Waals surface area (Å²) in [5.74, 6) is 1.30. The zero-order valence-electron chi connectivity index (χ0n) is 12.9. The lowest BCUT2D eigenvalue weighted by Crippen LogP contribution is -2.34. The van der Waals surface area contributed by atoms with Crippen LogP contribution in [0.5, 0.6) is 0 Å². The highest BCUT2D eigenvalue weighted by Crippen LogP contribution is 2.28. The molecule has 4 nitrogen and oxygen atoms in total. The van der Waals surface area contributed by atoms with Crippen LogP contribution < -0.4 is 4.90 Å². The first kappa shape index (κ1) is 17.2. The Kier molecular flexibility index (Phi) is 6.23. The van der Waals surface area contributed by atoms with Gasteiger partial charge in [0.1, 0.15) is 0 Å². The molecule has 22 heavy (non-hydrogen) atoms. The number of halogens is 1. The van der Waals surface area contributed by atoms with E-state index >= 15 is 0 Å². The minimum Gasteiger partial charge on any atom is -0.332 e. The van der Waals surface area contributed by atoms with E-state index in [4.69, 9.17) is 23.8 Å². The van der Waals surface area contributed by atoms with E-state index in [1.165, 1.54) is 0 Å². The second-order valence-electron chi connectivity index (χ2n) is 4.90. The molecular formula is C15H19ClN4S2. The van der Waals surface area contributed by atoms with Crippen LogP contribution in [0.2, 0.25) is 5.15 Å². The van der Waals surface area contributed by atoms with Crippen molar-refractivity contribution in [3.8, 4) is 5.69 Å². The Morgan fingerprint density at radius 1 is 1.55 bits per heavy atom. The number of anilines is 1. The fraction of sp³-hybridized carbons (Fsp3) is 0.400. The lowest BCUT2D eigenvalue weighted by atomic mass is 10.2. The normalized spacial score (nSPS) is 12.2. The van der Waals surface area contributed by atoms with Gasteiger partial charge in [0.05, 0.1) is 28.8 Å². The number of thioether (sulfide) groups is 1. The van der Waals surface area contributed by atoms with Crippen molar-refractivity contribution in [2.45, 2.75) is 13.8 Å². The second kappa shape index (κ2) is 7.94. The van der Waals surface area contributed by atoms with Gasteiger partial charge in [-0.25, -0.2) is 4.68 Å². The molecule has 2 rings (SSSR count). The second-order valence-corrected chi connectivity index (χ2v) is 6.59. The Morgan fingerprint density at radius 3 is 2.91 bits per heavy atom. The van der Waals surface area contributed by atoms with Gasteiger partial charge in [-0.2, -0.15) is 16.9 Å². The van der Waals surface area contributed by atoms with Crippen molar-refractivity contribution < 1.29 is 0 Å². The summed E-state index contributed by atoms with van der Waals surface area (Å²) in [5, 5.41) is 4.82. The minimum atomic E-state index is 0.308. The van der Waals surface area contributed by atoms with Crippen LogP contribution in [0, 0.1) is 5.92 Å². The van der Waals surface area contributed by atoms with Crippen LogP contribution in [0.4, 0.5) is 5.69 Å². The van der Waals surface area contributed by atoms with Crippen molar-refractivity contribution in [2.75, 3.05) is 23.5 Å². The summed E-state index contributed by atoms with van der Waals surface area (Å²) in [6.07, 6.45) is 7.47. The molecule has 0 aliphatic rings. The molecule has 2 aromatic heterocycles. The maximum Gasteiger partial charge on any atom is 0.175 e. The first-order valence-electron chi connectivity index (χ1n) is 7.04. The SMILES string of the molecule is CCN(C(=S)C(C)CSC)c1cn(-c2cccnc2)nc1Cl. The minimum absolute atomic E-state index is 0.308. The molecule has 0 aliphatic heterocycles. The Morgan fingerprint density at radius 2 is 2.32 bits per heavy atom. The van der Waals surface area contributed by atoms with Crippen molar-refractivity contribution in [1.29, 1.82) is 0 Å². The number of thiocarbonyl (C=S) groups is 1. The molecule has 118 valence electrons. The molecule has 0 aliphatic carbocycles.